The number of para-hydroxylation sites is 1. The van der Waals surface area contributed by atoms with Gasteiger partial charge in [0.25, 0.3) is 0 Å². The Hall–Kier alpha value is -1.06. The molecular weight excluding hydrogens is 467 g/mol. The maximum Gasteiger partial charge on any atom is 0.193 e. The van der Waals surface area contributed by atoms with E-state index >= 15 is 0 Å². The number of nitrogens with zero attached hydrogens (tertiary/aromatic N) is 3. The number of benzene rings is 1. The molecule has 3 aliphatic rings. The van der Waals surface area contributed by atoms with Crippen molar-refractivity contribution in [2.45, 2.75) is 44.4 Å². The first-order chi connectivity index (χ1) is 13.3. The molecule has 0 bridgehead atoms. The largest absolute Gasteiger partial charge is 0.490 e. The summed E-state index contributed by atoms with van der Waals surface area (Å²) in [7, 11) is 1.88. The number of ether oxygens (including phenoxy) is 2. The Morgan fingerprint density at radius 3 is 2.68 bits per heavy atom. The maximum atomic E-state index is 6.16. The van der Waals surface area contributed by atoms with Crippen LogP contribution in [0.2, 0.25) is 0 Å². The third-order valence-electron chi connectivity index (χ3n) is 5.99. The highest BCUT2D eigenvalue weighted by Crippen LogP contribution is 2.27. The van der Waals surface area contributed by atoms with E-state index < -0.39 is 0 Å². The van der Waals surface area contributed by atoms with Crippen molar-refractivity contribution in [3.05, 3.63) is 29.8 Å². The van der Waals surface area contributed by atoms with Crippen LogP contribution in [0.5, 0.6) is 5.75 Å². The third-order valence-corrected chi connectivity index (χ3v) is 5.99. The van der Waals surface area contributed by atoms with Crippen LogP contribution in [0.4, 0.5) is 0 Å². The van der Waals surface area contributed by atoms with E-state index in [1.165, 1.54) is 31.2 Å². The zero-order valence-electron chi connectivity index (χ0n) is 16.8. The van der Waals surface area contributed by atoms with Crippen molar-refractivity contribution in [1.82, 2.24) is 15.1 Å². The van der Waals surface area contributed by atoms with E-state index in [0.717, 1.165) is 57.6 Å². The fourth-order valence-electron chi connectivity index (χ4n) is 4.11. The zero-order valence-corrected chi connectivity index (χ0v) is 19.1. The minimum absolute atomic E-state index is 0. The molecular formula is C21H33IN4O2. The summed E-state index contributed by atoms with van der Waals surface area (Å²) in [6.45, 7) is 6.67. The summed E-state index contributed by atoms with van der Waals surface area (Å²) in [6, 6.07) is 8.98. The molecule has 0 aromatic heterocycles. The molecule has 1 unspecified atom stereocenters. The van der Waals surface area contributed by atoms with Crippen LogP contribution < -0.4 is 10.1 Å². The van der Waals surface area contributed by atoms with E-state index in [1.54, 1.807) is 0 Å². The van der Waals surface area contributed by atoms with Gasteiger partial charge in [0.05, 0.1) is 19.3 Å². The van der Waals surface area contributed by atoms with Crippen LogP contribution in [-0.4, -0.2) is 74.3 Å². The lowest BCUT2D eigenvalue weighted by atomic mass is 9.96. The van der Waals surface area contributed by atoms with Gasteiger partial charge in [0, 0.05) is 51.4 Å². The van der Waals surface area contributed by atoms with Crippen LogP contribution in [0.3, 0.4) is 0 Å². The molecule has 2 saturated heterocycles. The Bertz CT molecular complexity index is 647. The zero-order chi connectivity index (χ0) is 18.5. The van der Waals surface area contributed by atoms with Gasteiger partial charge in [-0.3, -0.25) is 9.89 Å². The van der Waals surface area contributed by atoms with Gasteiger partial charge in [-0.2, -0.15) is 0 Å². The number of aliphatic imine (C=N–C) groups is 1. The van der Waals surface area contributed by atoms with Crippen LogP contribution >= 0.6 is 24.0 Å². The van der Waals surface area contributed by atoms with Crippen molar-refractivity contribution in [3.8, 4) is 5.75 Å². The van der Waals surface area contributed by atoms with Crippen molar-refractivity contribution in [3.63, 3.8) is 0 Å². The highest BCUT2D eigenvalue weighted by Gasteiger charge is 2.30. The molecule has 1 aromatic rings. The van der Waals surface area contributed by atoms with E-state index in [0.29, 0.717) is 12.1 Å². The normalized spacial score (nSPS) is 23.8. The first-order valence-corrected chi connectivity index (χ1v) is 10.4. The highest BCUT2D eigenvalue weighted by molar-refractivity contribution is 14.0. The van der Waals surface area contributed by atoms with Crippen LogP contribution in [0, 0.1) is 0 Å². The Morgan fingerprint density at radius 1 is 1.18 bits per heavy atom. The van der Waals surface area contributed by atoms with Gasteiger partial charge >= 0.3 is 0 Å². The number of morpholine rings is 1. The molecule has 2 heterocycles. The summed E-state index contributed by atoms with van der Waals surface area (Å²) < 4.78 is 11.6. The molecule has 3 fully saturated rings. The second-order valence-corrected chi connectivity index (χ2v) is 7.72. The SMILES string of the molecule is CN=C(NCc1ccccc1OC1CCC1)N1CCC(N2CCOCC2)C1.I. The van der Waals surface area contributed by atoms with E-state index in [9.17, 15) is 0 Å². The average molecular weight is 500 g/mol. The Labute approximate surface area is 185 Å². The predicted octanol–water partition coefficient (Wildman–Crippen LogP) is 2.72. The monoisotopic (exact) mass is 500 g/mol. The summed E-state index contributed by atoms with van der Waals surface area (Å²) in [5, 5.41) is 3.55. The van der Waals surface area contributed by atoms with Crippen LogP contribution in [0.15, 0.2) is 29.3 Å². The fourth-order valence-corrected chi connectivity index (χ4v) is 4.11. The van der Waals surface area contributed by atoms with Crippen LogP contribution in [0.25, 0.3) is 0 Å². The molecule has 1 atom stereocenters. The van der Waals surface area contributed by atoms with Gasteiger partial charge in [0.2, 0.25) is 0 Å². The molecule has 0 radical (unpaired) electrons. The van der Waals surface area contributed by atoms with Crippen molar-refractivity contribution in [1.29, 1.82) is 0 Å². The summed E-state index contributed by atoms with van der Waals surface area (Å²) >= 11 is 0. The molecule has 7 heteroatoms. The van der Waals surface area contributed by atoms with E-state index in [2.05, 4.69) is 44.4 Å². The topological polar surface area (TPSA) is 49.3 Å². The minimum Gasteiger partial charge on any atom is -0.490 e. The molecule has 1 aromatic carbocycles. The first-order valence-electron chi connectivity index (χ1n) is 10.4. The van der Waals surface area contributed by atoms with E-state index in [4.69, 9.17) is 9.47 Å². The lowest BCUT2D eigenvalue weighted by molar-refractivity contribution is 0.0195. The number of hydrogen-bond acceptors (Lipinski definition) is 4. The lowest BCUT2D eigenvalue weighted by Gasteiger charge is -2.32. The van der Waals surface area contributed by atoms with E-state index in [1.807, 2.05) is 7.05 Å². The van der Waals surface area contributed by atoms with Gasteiger partial charge in [0.1, 0.15) is 5.75 Å². The van der Waals surface area contributed by atoms with Gasteiger partial charge in [-0.05, 0) is 31.7 Å². The number of hydrogen-bond donors (Lipinski definition) is 1. The predicted molar refractivity (Wildman–Crippen MR) is 123 cm³/mol. The molecule has 6 nitrogen and oxygen atoms in total. The standard InChI is InChI=1S/C21H32N4O2.HI/c1-22-21(25-10-9-18(16-25)24-11-13-26-14-12-24)23-15-17-5-2-3-8-20(17)27-19-6-4-7-19;/h2-3,5,8,18-19H,4,6-7,9-16H2,1H3,(H,22,23);1H. The van der Waals surface area contributed by atoms with Crippen LogP contribution in [-0.2, 0) is 11.3 Å². The molecule has 1 saturated carbocycles. The smallest absolute Gasteiger partial charge is 0.193 e. The third kappa shape index (κ3) is 5.30. The maximum absolute atomic E-state index is 6.16. The Morgan fingerprint density at radius 2 is 1.96 bits per heavy atom. The molecule has 2 aliphatic heterocycles. The number of guanidine groups is 1. The number of likely N-dealkylation sites (tertiary alicyclic amines) is 1. The van der Waals surface area contributed by atoms with Crippen molar-refractivity contribution < 1.29 is 9.47 Å². The summed E-state index contributed by atoms with van der Waals surface area (Å²) in [5.41, 5.74) is 1.20. The fraction of sp³-hybridized carbons (Fsp3) is 0.667. The number of halogens is 1. The van der Waals surface area contributed by atoms with E-state index in [-0.39, 0.29) is 24.0 Å². The van der Waals surface area contributed by atoms with Crippen molar-refractivity contribution >= 4 is 29.9 Å². The first kappa shape index (κ1) is 21.6. The molecule has 1 aliphatic carbocycles. The Balaban J connectivity index is 0.00000225. The molecule has 4 rings (SSSR count). The average Bonchev–Trinajstić information content (AvgIpc) is 3.17. The minimum atomic E-state index is 0. The van der Waals surface area contributed by atoms with Crippen LogP contribution in [0.1, 0.15) is 31.2 Å². The van der Waals surface area contributed by atoms with Crippen molar-refractivity contribution in [2.75, 3.05) is 46.4 Å². The highest BCUT2D eigenvalue weighted by atomic mass is 127. The molecule has 156 valence electrons. The number of rotatable bonds is 5. The second kappa shape index (κ2) is 10.6. The van der Waals surface area contributed by atoms with Gasteiger partial charge in [0.15, 0.2) is 5.96 Å². The quantitative estimate of drug-likeness (QED) is 0.383. The lowest BCUT2D eigenvalue weighted by Crippen LogP contribution is -2.46. The summed E-state index contributed by atoms with van der Waals surface area (Å²) in [5.74, 6) is 2.00. The second-order valence-electron chi connectivity index (χ2n) is 7.72. The van der Waals surface area contributed by atoms with Gasteiger partial charge in [-0.15, -0.1) is 24.0 Å². The molecule has 1 N–H and O–H groups in total. The molecule has 28 heavy (non-hydrogen) atoms. The van der Waals surface area contributed by atoms with Crippen molar-refractivity contribution in [2.24, 2.45) is 4.99 Å². The van der Waals surface area contributed by atoms with Gasteiger partial charge in [-0.1, -0.05) is 18.2 Å². The molecule has 0 spiro atoms. The number of nitrogens with one attached hydrogen (secondary N) is 1. The summed E-state index contributed by atoms with van der Waals surface area (Å²) in [6.07, 6.45) is 5.25. The molecule has 0 amide bonds. The van der Waals surface area contributed by atoms with Gasteiger partial charge < -0.3 is 19.7 Å². The Kier molecular flexibility index (Phi) is 8.23. The van der Waals surface area contributed by atoms with Gasteiger partial charge in [-0.25, -0.2) is 0 Å². The summed E-state index contributed by atoms with van der Waals surface area (Å²) in [4.78, 5) is 9.48.